The Morgan fingerprint density at radius 1 is 0.865 bits per heavy atom. The first-order valence-corrected chi connectivity index (χ1v) is 24.5. The van der Waals surface area contributed by atoms with Crippen LogP contribution in [0.1, 0.15) is 33.2 Å². The van der Waals surface area contributed by atoms with E-state index in [1.54, 1.807) is 9.13 Å². The maximum atomic E-state index is 14.4. The lowest BCUT2D eigenvalue weighted by molar-refractivity contribution is -0.182. The molecule has 4 aromatic heterocycles. The molecule has 52 heavy (non-hydrogen) atoms. The molecule has 4 aromatic rings. The third-order valence-electron chi connectivity index (χ3n) is 10.2. The summed E-state index contributed by atoms with van der Waals surface area (Å²) in [5.74, 6) is 0.312. The average Bonchev–Trinajstić information content (AvgIpc) is 3.87. The second-order valence-corrected chi connectivity index (χ2v) is 25.0. The quantitative estimate of drug-likeness (QED) is 0.130. The zero-order valence-electron chi connectivity index (χ0n) is 28.6. The molecule has 4 aliphatic heterocycles. The van der Waals surface area contributed by atoms with Crippen molar-refractivity contribution in [3.8, 4) is 0 Å². The van der Waals surface area contributed by atoms with Crippen LogP contribution < -0.4 is 11.5 Å². The van der Waals surface area contributed by atoms with Crippen LogP contribution in [0.3, 0.4) is 0 Å². The van der Waals surface area contributed by atoms with Crippen molar-refractivity contribution in [1.29, 1.82) is 0 Å². The van der Waals surface area contributed by atoms with E-state index in [0.29, 0.717) is 22.3 Å². The second kappa shape index (κ2) is 12.7. The summed E-state index contributed by atoms with van der Waals surface area (Å²) in [7, 11) is -2.61. The topological polar surface area (TPSA) is 247 Å². The third-order valence-corrected chi connectivity index (χ3v) is 17.9. The molecule has 4 saturated heterocycles. The van der Waals surface area contributed by atoms with Crippen LogP contribution in [0.15, 0.2) is 25.3 Å². The lowest BCUT2D eigenvalue weighted by atomic mass is 10.0. The number of aromatic nitrogens is 8. The van der Waals surface area contributed by atoms with E-state index in [9.17, 15) is 9.13 Å². The van der Waals surface area contributed by atoms with Crippen molar-refractivity contribution < 1.29 is 45.9 Å². The van der Waals surface area contributed by atoms with Crippen LogP contribution in [-0.2, 0) is 45.9 Å². The first-order valence-electron chi connectivity index (χ1n) is 16.2. The van der Waals surface area contributed by atoms with Gasteiger partial charge in [0.25, 0.3) is 0 Å². The van der Waals surface area contributed by atoms with Crippen LogP contribution in [0.5, 0.6) is 0 Å². The van der Waals surface area contributed by atoms with E-state index in [-0.39, 0.29) is 29.9 Å². The number of ether oxygens (including phenoxy) is 3. The number of nitrogens with two attached hydrogens (primary N) is 2. The van der Waals surface area contributed by atoms with Gasteiger partial charge in [-0.15, -0.1) is 0 Å². The summed E-state index contributed by atoms with van der Waals surface area (Å²) in [6.07, 6.45) is -1.54. The second-order valence-electron chi connectivity index (χ2n) is 14.5. The van der Waals surface area contributed by atoms with Crippen molar-refractivity contribution >= 4 is 80.4 Å². The monoisotopic (exact) mass is 816 g/mol. The van der Waals surface area contributed by atoms with E-state index in [2.05, 4.69) is 75.2 Å². The molecule has 0 spiro atoms. The van der Waals surface area contributed by atoms with Gasteiger partial charge in [0, 0.05) is 0 Å². The van der Waals surface area contributed by atoms with Gasteiger partial charge in [-0.25, -0.2) is 39.0 Å². The molecule has 20 nitrogen and oxygen atoms in total. The molecular formula is C27H38N10O10P2S2Si. The van der Waals surface area contributed by atoms with Crippen molar-refractivity contribution in [2.24, 2.45) is 0 Å². The zero-order valence-corrected chi connectivity index (χ0v) is 33.2. The summed E-state index contributed by atoms with van der Waals surface area (Å²) >= 11 is 8.80. The average molecular weight is 817 g/mol. The van der Waals surface area contributed by atoms with Gasteiger partial charge in [0.05, 0.1) is 32.5 Å². The van der Waals surface area contributed by atoms with Crippen LogP contribution >= 0.6 is 38.1 Å². The van der Waals surface area contributed by atoms with Crippen molar-refractivity contribution in [3.63, 3.8) is 0 Å². The Morgan fingerprint density at radius 3 is 2.08 bits per heavy atom. The molecule has 4 fully saturated rings. The fraction of sp³-hybridized carbons (Fsp3) is 0.630. The van der Waals surface area contributed by atoms with Crippen LogP contribution in [-0.4, -0.2) is 103 Å². The van der Waals surface area contributed by atoms with E-state index >= 15 is 0 Å². The molecular weight excluding hydrogens is 779 g/mol. The first kappa shape index (κ1) is 36.7. The largest absolute Gasteiger partial charge is 0.408 e. The van der Waals surface area contributed by atoms with Gasteiger partial charge in [0.2, 0.25) is 0 Å². The molecule has 10 atom stereocenters. The molecule has 4 aliphatic rings. The van der Waals surface area contributed by atoms with E-state index in [1.807, 2.05) is 13.1 Å². The lowest BCUT2D eigenvalue weighted by Gasteiger charge is -2.40. The zero-order chi connectivity index (χ0) is 37.0. The number of nitrogens with zero attached hydrogens (tertiary/aromatic N) is 8. The molecule has 282 valence electrons. The molecule has 8 rings (SSSR count). The molecule has 0 radical (unpaired) electrons. The van der Waals surface area contributed by atoms with E-state index in [1.165, 1.54) is 25.3 Å². The summed E-state index contributed by atoms with van der Waals surface area (Å²) in [4.78, 5) is 25.4. The SMILES string of the molecule is CC(C)(C)[Si](C)(C)OC1[C@H]2O[P@@](=O)(S)OC[C@@]34CO[C@@H]([C@H](n5cnc6c(N)ncnc65)O3)[C@@H]4O[P@](=O)(S)OC[C@H]1O[C@H]2n1cnc2c(N)ncnc21. The van der Waals surface area contributed by atoms with Gasteiger partial charge in [-0.2, -0.15) is 0 Å². The highest BCUT2D eigenvalue weighted by atomic mass is 32.7. The number of thiol groups is 2. The number of imidazole rings is 2. The number of hydrogen-bond donors (Lipinski definition) is 4. The molecule has 8 heterocycles. The van der Waals surface area contributed by atoms with Crippen LogP contribution in [0.2, 0.25) is 18.1 Å². The number of rotatable bonds is 4. The summed E-state index contributed by atoms with van der Waals surface area (Å²) in [5, 5.41) is -0.265. The Labute approximate surface area is 308 Å². The highest BCUT2D eigenvalue weighted by Gasteiger charge is 2.66. The predicted molar refractivity (Wildman–Crippen MR) is 193 cm³/mol. The van der Waals surface area contributed by atoms with Crippen molar-refractivity contribution in [3.05, 3.63) is 25.3 Å². The standard InChI is InChI=1S/C27H38N10O10P2S2Si/c1-26(2,3)52(4,5)47-16-13-6-41-48(38,50)46-19-18-25(37-12-35-15-21(29)31-10-33-23(15)37)44-27(19,7-40-18)8-42-49(39,51)45-17(16)24(43-13)36-11-34-14-20(28)30-9-32-22(14)36/h9-13,16-19,24-25H,6-8H2,1-5H3,(H,38,50)(H,39,51)(H2,28,30,32)(H2,29,31,33)/t13-,16?,17-,18-,19+,24-,25-,27-,48-,49+/m1/s1. The predicted octanol–water partition coefficient (Wildman–Crippen LogP) is 3.68. The van der Waals surface area contributed by atoms with Crippen molar-refractivity contribution in [2.45, 2.75) is 87.5 Å². The molecule has 1 unspecified atom stereocenters. The van der Waals surface area contributed by atoms with Gasteiger partial charge in [0.15, 0.2) is 43.7 Å². The highest BCUT2D eigenvalue weighted by Crippen LogP contribution is 2.63. The van der Waals surface area contributed by atoms with Crippen molar-refractivity contribution in [2.75, 3.05) is 31.3 Å². The van der Waals surface area contributed by atoms with Crippen LogP contribution in [0.25, 0.3) is 22.3 Å². The number of nitrogen functional groups attached to an aromatic ring is 2. The van der Waals surface area contributed by atoms with Gasteiger partial charge < -0.3 is 30.1 Å². The Kier molecular flexibility index (Phi) is 8.93. The molecule has 0 amide bonds. The van der Waals surface area contributed by atoms with Crippen LogP contribution in [0, 0.1) is 0 Å². The van der Waals surface area contributed by atoms with Gasteiger partial charge in [0.1, 0.15) is 59.8 Å². The van der Waals surface area contributed by atoms with Crippen molar-refractivity contribution in [1.82, 2.24) is 39.0 Å². The molecule has 0 aromatic carbocycles. The molecule has 4 bridgehead atoms. The summed E-state index contributed by atoms with van der Waals surface area (Å²) < 4.78 is 82.2. The Balaban J connectivity index is 1.18. The van der Waals surface area contributed by atoms with E-state index in [0.717, 1.165) is 0 Å². The van der Waals surface area contributed by atoms with Gasteiger partial charge >= 0.3 is 13.6 Å². The van der Waals surface area contributed by atoms with Gasteiger partial charge in [-0.3, -0.25) is 27.2 Å². The summed E-state index contributed by atoms with van der Waals surface area (Å²) in [5.41, 5.74) is 12.0. The Bertz CT molecular complexity index is 2140. The lowest BCUT2D eigenvalue weighted by Crippen LogP contribution is -2.50. The third kappa shape index (κ3) is 6.20. The summed E-state index contributed by atoms with van der Waals surface area (Å²) in [6, 6.07) is 0. The Hall–Kier alpha value is -2.24. The molecule has 0 aliphatic carbocycles. The fourth-order valence-corrected chi connectivity index (χ4v) is 10.8. The maximum Gasteiger partial charge on any atom is 0.386 e. The van der Waals surface area contributed by atoms with E-state index < -0.39 is 77.1 Å². The van der Waals surface area contributed by atoms with Gasteiger partial charge in [-0.1, -0.05) is 45.3 Å². The maximum absolute atomic E-state index is 14.4. The normalized spacial score (nSPS) is 37.2. The number of hydrogen-bond acceptors (Lipinski definition) is 18. The first-order chi connectivity index (χ1) is 24.4. The highest BCUT2D eigenvalue weighted by molar-refractivity contribution is 8.44. The minimum atomic E-state index is -4.31. The molecule has 4 N–H and O–H groups in total. The minimum absolute atomic E-state index is 0.0960. The number of fused-ring (bicyclic) bond motifs is 4. The smallest absolute Gasteiger partial charge is 0.386 e. The summed E-state index contributed by atoms with van der Waals surface area (Å²) in [6.45, 7) is 0.889. The van der Waals surface area contributed by atoms with E-state index in [4.69, 9.17) is 48.2 Å². The molecule has 0 saturated carbocycles. The van der Waals surface area contributed by atoms with Crippen LogP contribution in [0.4, 0.5) is 11.6 Å². The Morgan fingerprint density at radius 2 is 1.46 bits per heavy atom. The minimum Gasteiger partial charge on any atom is -0.408 e. The molecule has 25 heteroatoms. The number of anilines is 2. The van der Waals surface area contributed by atoms with Gasteiger partial charge in [-0.05, 0) is 18.1 Å². The fourth-order valence-electron chi connectivity index (χ4n) is 6.54.